The van der Waals surface area contributed by atoms with Crippen LogP contribution < -0.4 is 16.6 Å². The monoisotopic (exact) mass is 325 g/mol. The zero-order valence-corrected chi connectivity index (χ0v) is 13.4. The predicted molar refractivity (Wildman–Crippen MR) is 88.3 cm³/mol. The number of hydrogen-bond acceptors (Lipinski definition) is 5. The second-order valence-electron chi connectivity index (χ2n) is 4.61. The first-order valence-corrected chi connectivity index (χ1v) is 7.37. The molecule has 112 valence electrons. The summed E-state index contributed by atoms with van der Waals surface area (Å²) in [6.45, 7) is 3.97. The Hall–Kier alpha value is -1.56. The van der Waals surface area contributed by atoms with E-state index in [4.69, 9.17) is 29.0 Å². The van der Waals surface area contributed by atoms with Crippen molar-refractivity contribution in [3.63, 3.8) is 0 Å². The highest BCUT2D eigenvalue weighted by Crippen LogP contribution is 2.28. The number of nitrogens with zero attached hydrogens (tertiary/aromatic N) is 2. The molecule has 5 nitrogen and oxygen atoms in total. The van der Waals surface area contributed by atoms with Crippen LogP contribution in [0.1, 0.15) is 24.7 Å². The molecule has 0 radical (unpaired) electrons. The maximum absolute atomic E-state index is 6.02. The predicted octanol–water partition coefficient (Wildman–Crippen LogP) is 4.07. The average Bonchev–Trinajstić information content (AvgIpc) is 2.46. The molecular formula is C14H17Cl2N5. The van der Waals surface area contributed by atoms with E-state index in [0.717, 1.165) is 29.9 Å². The van der Waals surface area contributed by atoms with Crippen LogP contribution >= 0.6 is 23.2 Å². The third-order valence-corrected chi connectivity index (χ3v) is 3.72. The number of nitrogen functional groups attached to an aromatic ring is 1. The van der Waals surface area contributed by atoms with Crippen LogP contribution in [0, 0.1) is 6.92 Å². The van der Waals surface area contributed by atoms with Gasteiger partial charge in [-0.3, -0.25) is 0 Å². The molecule has 0 amide bonds. The number of hydrogen-bond donors (Lipinski definition) is 3. The van der Waals surface area contributed by atoms with Gasteiger partial charge in [0.15, 0.2) is 0 Å². The van der Waals surface area contributed by atoms with Crippen molar-refractivity contribution < 1.29 is 0 Å². The van der Waals surface area contributed by atoms with Crippen molar-refractivity contribution in [2.24, 2.45) is 5.84 Å². The average molecular weight is 326 g/mol. The van der Waals surface area contributed by atoms with E-state index in [-0.39, 0.29) is 0 Å². The van der Waals surface area contributed by atoms with Gasteiger partial charge in [-0.05, 0) is 31.5 Å². The Labute approximate surface area is 133 Å². The maximum Gasteiger partial charge on any atom is 0.148 e. The van der Waals surface area contributed by atoms with Crippen LogP contribution in [0.4, 0.5) is 17.3 Å². The number of aryl methyl sites for hydroxylation is 1. The van der Waals surface area contributed by atoms with Crippen molar-refractivity contribution >= 4 is 40.5 Å². The number of halogens is 2. The molecule has 1 aromatic carbocycles. The lowest BCUT2D eigenvalue weighted by Gasteiger charge is -2.14. The molecule has 0 bridgehead atoms. The van der Waals surface area contributed by atoms with Gasteiger partial charge >= 0.3 is 0 Å². The highest BCUT2D eigenvalue weighted by molar-refractivity contribution is 6.42. The summed E-state index contributed by atoms with van der Waals surface area (Å²) in [5, 5.41) is 4.22. The number of aromatic nitrogens is 2. The van der Waals surface area contributed by atoms with E-state index in [2.05, 4.69) is 27.6 Å². The SMILES string of the molecule is CCCc1nc(NN)c(C)c(Nc2ccc(Cl)c(Cl)c2)n1. The molecule has 0 spiro atoms. The Morgan fingerprint density at radius 1 is 1.14 bits per heavy atom. The Bertz CT molecular complexity index is 646. The van der Waals surface area contributed by atoms with E-state index >= 15 is 0 Å². The normalized spacial score (nSPS) is 10.5. The highest BCUT2D eigenvalue weighted by Gasteiger charge is 2.11. The number of anilines is 3. The molecule has 2 aromatic rings. The summed E-state index contributed by atoms with van der Waals surface area (Å²) >= 11 is 11.9. The third-order valence-electron chi connectivity index (χ3n) is 2.98. The van der Waals surface area contributed by atoms with Crippen LogP contribution in [0.2, 0.25) is 10.0 Å². The summed E-state index contributed by atoms with van der Waals surface area (Å²) in [6, 6.07) is 5.32. The fraction of sp³-hybridized carbons (Fsp3) is 0.286. The first-order chi connectivity index (χ1) is 10.0. The van der Waals surface area contributed by atoms with Gasteiger partial charge in [-0.25, -0.2) is 15.8 Å². The first-order valence-electron chi connectivity index (χ1n) is 6.61. The highest BCUT2D eigenvalue weighted by atomic mass is 35.5. The molecular weight excluding hydrogens is 309 g/mol. The number of nitrogens with one attached hydrogen (secondary N) is 2. The number of benzene rings is 1. The second kappa shape index (κ2) is 6.93. The van der Waals surface area contributed by atoms with Gasteiger partial charge in [0.1, 0.15) is 17.5 Å². The molecule has 4 N–H and O–H groups in total. The molecule has 0 atom stereocenters. The summed E-state index contributed by atoms with van der Waals surface area (Å²) in [6.07, 6.45) is 1.74. The molecule has 21 heavy (non-hydrogen) atoms. The number of nitrogens with two attached hydrogens (primary N) is 1. The van der Waals surface area contributed by atoms with Gasteiger partial charge < -0.3 is 10.7 Å². The Kier molecular flexibility index (Phi) is 5.22. The molecule has 0 saturated carbocycles. The molecule has 0 unspecified atom stereocenters. The lowest BCUT2D eigenvalue weighted by atomic mass is 10.2. The molecule has 0 aliphatic heterocycles. The van der Waals surface area contributed by atoms with E-state index < -0.39 is 0 Å². The number of hydrazine groups is 1. The zero-order chi connectivity index (χ0) is 15.4. The smallest absolute Gasteiger partial charge is 0.148 e. The molecule has 1 aromatic heterocycles. The zero-order valence-electron chi connectivity index (χ0n) is 11.9. The largest absolute Gasteiger partial charge is 0.340 e. The molecule has 0 saturated heterocycles. The van der Waals surface area contributed by atoms with Gasteiger partial charge in [0.2, 0.25) is 0 Å². The van der Waals surface area contributed by atoms with Crippen LogP contribution in [-0.4, -0.2) is 9.97 Å². The summed E-state index contributed by atoms with van der Waals surface area (Å²) in [5.41, 5.74) is 4.24. The first kappa shape index (κ1) is 15.8. The third kappa shape index (κ3) is 3.75. The van der Waals surface area contributed by atoms with Gasteiger partial charge in [0.25, 0.3) is 0 Å². The fourth-order valence-electron chi connectivity index (χ4n) is 1.87. The van der Waals surface area contributed by atoms with Crippen LogP contribution in [0.25, 0.3) is 0 Å². The van der Waals surface area contributed by atoms with Crippen molar-refractivity contribution in [2.75, 3.05) is 10.7 Å². The Morgan fingerprint density at radius 3 is 2.48 bits per heavy atom. The van der Waals surface area contributed by atoms with E-state index in [1.807, 2.05) is 13.0 Å². The van der Waals surface area contributed by atoms with Gasteiger partial charge in [-0.15, -0.1) is 0 Å². The minimum absolute atomic E-state index is 0.485. The minimum atomic E-state index is 0.485. The molecule has 7 heteroatoms. The molecule has 0 fully saturated rings. The summed E-state index contributed by atoms with van der Waals surface area (Å²) in [5.74, 6) is 7.55. The number of rotatable bonds is 5. The van der Waals surface area contributed by atoms with Crippen molar-refractivity contribution in [1.82, 2.24) is 9.97 Å². The molecule has 0 aliphatic rings. The van der Waals surface area contributed by atoms with Gasteiger partial charge in [-0.2, -0.15) is 0 Å². The second-order valence-corrected chi connectivity index (χ2v) is 5.42. The Morgan fingerprint density at radius 2 is 1.86 bits per heavy atom. The molecule has 1 heterocycles. The quantitative estimate of drug-likeness (QED) is 0.570. The van der Waals surface area contributed by atoms with Crippen LogP contribution in [-0.2, 0) is 6.42 Å². The Balaban J connectivity index is 2.37. The lowest BCUT2D eigenvalue weighted by molar-refractivity contribution is 0.833. The van der Waals surface area contributed by atoms with Crippen LogP contribution in [0.3, 0.4) is 0 Å². The van der Waals surface area contributed by atoms with Crippen LogP contribution in [0.15, 0.2) is 18.2 Å². The summed E-state index contributed by atoms with van der Waals surface area (Å²) in [7, 11) is 0. The van der Waals surface area contributed by atoms with Crippen molar-refractivity contribution in [3.8, 4) is 0 Å². The van der Waals surface area contributed by atoms with Gasteiger partial charge in [0.05, 0.1) is 10.0 Å². The van der Waals surface area contributed by atoms with Crippen molar-refractivity contribution in [1.29, 1.82) is 0 Å². The topological polar surface area (TPSA) is 75.9 Å². The van der Waals surface area contributed by atoms with Crippen molar-refractivity contribution in [3.05, 3.63) is 39.6 Å². The van der Waals surface area contributed by atoms with E-state index in [1.165, 1.54) is 0 Å². The summed E-state index contributed by atoms with van der Waals surface area (Å²) in [4.78, 5) is 8.90. The summed E-state index contributed by atoms with van der Waals surface area (Å²) < 4.78 is 0. The lowest BCUT2D eigenvalue weighted by Crippen LogP contribution is -2.14. The van der Waals surface area contributed by atoms with E-state index in [9.17, 15) is 0 Å². The van der Waals surface area contributed by atoms with Gasteiger partial charge in [-0.1, -0.05) is 30.1 Å². The standard InChI is InChI=1S/C14H17Cl2N5/c1-3-4-12-19-13(8(2)14(20-12)21-17)18-9-5-6-10(15)11(16)7-9/h5-7H,3-4,17H2,1-2H3,(H2,18,19,20,21). The molecule has 2 rings (SSSR count). The maximum atomic E-state index is 6.02. The van der Waals surface area contributed by atoms with Crippen molar-refractivity contribution in [2.45, 2.75) is 26.7 Å². The fourth-order valence-corrected chi connectivity index (χ4v) is 2.17. The van der Waals surface area contributed by atoms with Crippen LogP contribution in [0.5, 0.6) is 0 Å². The minimum Gasteiger partial charge on any atom is -0.340 e. The van der Waals surface area contributed by atoms with Gasteiger partial charge in [0, 0.05) is 17.7 Å². The molecule has 0 aliphatic carbocycles. The van der Waals surface area contributed by atoms with E-state index in [1.54, 1.807) is 12.1 Å². The van der Waals surface area contributed by atoms with E-state index in [0.29, 0.717) is 21.7 Å².